The van der Waals surface area contributed by atoms with Crippen LogP contribution in [-0.2, 0) is 25.8 Å². The fourth-order valence-electron chi connectivity index (χ4n) is 4.45. The molecule has 2 heterocycles. The summed E-state index contributed by atoms with van der Waals surface area (Å²) in [5.41, 5.74) is -1.66. The van der Waals surface area contributed by atoms with E-state index in [0.29, 0.717) is 28.6 Å². The first-order valence-electron chi connectivity index (χ1n) is 11.6. The minimum absolute atomic E-state index is 0.00475. The molecule has 10 heteroatoms. The molecule has 0 radical (unpaired) electrons. The number of ketones is 1. The third-order valence-corrected chi connectivity index (χ3v) is 6.37. The Balaban J connectivity index is 1.86. The lowest BCUT2D eigenvalue weighted by Gasteiger charge is -2.20. The summed E-state index contributed by atoms with van der Waals surface area (Å²) in [7, 11) is 1.39. The molecule has 0 aliphatic heterocycles. The molecule has 1 atom stereocenters. The first-order chi connectivity index (χ1) is 17.7. The predicted molar refractivity (Wildman–Crippen MR) is 131 cm³/mol. The number of carbonyl (C=O) groups excluding carboxylic acids is 1. The van der Waals surface area contributed by atoms with E-state index in [1.54, 1.807) is 24.3 Å². The normalized spacial score (nSPS) is 13.1. The van der Waals surface area contributed by atoms with Gasteiger partial charge in [0.2, 0.25) is 0 Å². The van der Waals surface area contributed by atoms with Gasteiger partial charge in [0, 0.05) is 30.1 Å². The highest BCUT2D eigenvalue weighted by atomic mass is 19.4. The molecule has 198 valence electrons. The summed E-state index contributed by atoms with van der Waals surface area (Å²) in [6.45, 7) is 3.29. The third-order valence-electron chi connectivity index (χ3n) is 6.37. The maximum absolute atomic E-state index is 13.8. The highest BCUT2D eigenvalue weighted by Gasteiger charge is 2.37. The maximum Gasteiger partial charge on any atom is 0.416 e. The second-order valence-corrected chi connectivity index (χ2v) is 9.24. The van der Waals surface area contributed by atoms with E-state index in [-0.39, 0.29) is 22.8 Å². The van der Waals surface area contributed by atoms with Crippen LogP contribution in [0, 0.1) is 12.8 Å². The molecule has 38 heavy (non-hydrogen) atoms. The van der Waals surface area contributed by atoms with Crippen molar-refractivity contribution in [2.24, 2.45) is 13.0 Å². The number of pyridine rings is 2. The second-order valence-electron chi connectivity index (χ2n) is 9.24. The van der Waals surface area contributed by atoms with Gasteiger partial charge in [-0.15, -0.1) is 0 Å². The second kappa shape index (κ2) is 9.74. The minimum atomic E-state index is -5.00. The van der Waals surface area contributed by atoms with E-state index >= 15 is 0 Å². The Kier molecular flexibility index (Phi) is 6.94. The number of aryl methyl sites for hydroxylation is 1. The van der Waals surface area contributed by atoms with Crippen LogP contribution in [0.4, 0.5) is 26.3 Å². The summed E-state index contributed by atoms with van der Waals surface area (Å²) in [6.07, 6.45) is -8.97. The molecular weight excluding hydrogens is 510 g/mol. The first-order valence-corrected chi connectivity index (χ1v) is 11.6. The molecule has 0 amide bonds. The summed E-state index contributed by atoms with van der Waals surface area (Å²) in [5, 5.41) is 0.411. The van der Waals surface area contributed by atoms with E-state index in [0.717, 1.165) is 10.1 Å². The van der Waals surface area contributed by atoms with Crippen LogP contribution in [0.3, 0.4) is 0 Å². The van der Waals surface area contributed by atoms with Gasteiger partial charge in [0.05, 0.1) is 16.8 Å². The number of fused-ring (bicyclic) bond motifs is 1. The van der Waals surface area contributed by atoms with Crippen LogP contribution in [0.25, 0.3) is 22.0 Å². The lowest BCUT2D eigenvalue weighted by molar-refractivity contribution is -0.143. The highest BCUT2D eigenvalue weighted by molar-refractivity contribution is 6.09. The maximum atomic E-state index is 13.8. The average molecular weight is 532 g/mol. The molecule has 0 aliphatic carbocycles. The van der Waals surface area contributed by atoms with Gasteiger partial charge in [0.25, 0.3) is 5.56 Å². The Morgan fingerprint density at radius 3 is 2.08 bits per heavy atom. The van der Waals surface area contributed by atoms with E-state index in [1.165, 1.54) is 20.2 Å². The van der Waals surface area contributed by atoms with E-state index in [4.69, 9.17) is 0 Å². The fourth-order valence-corrected chi connectivity index (χ4v) is 4.45. The predicted octanol–water partition coefficient (Wildman–Crippen LogP) is 7.01. The van der Waals surface area contributed by atoms with Crippen molar-refractivity contribution in [3.05, 3.63) is 99.1 Å². The lowest BCUT2D eigenvalue weighted by Crippen LogP contribution is -2.28. The van der Waals surface area contributed by atoms with Crippen LogP contribution in [0.2, 0.25) is 0 Å². The Labute approximate surface area is 213 Å². The SMILES string of the molecule is Cc1ccc(-c2c(C(=O)C(C)Cc3cc(C(F)(F)F)cc(C(F)(F)F)c3)n(C)c(=O)c3ncccc23)cc1. The summed E-state index contributed by atoms with van der Waals surface area (Å²) in [5.74, 6) is -1.65. The Bertz CT molecular complexity index is 1550. The number of carbonyl (C=O) groups is 1. The number of aromatic nitrogens is 2. The van der Waals surface area contributed by atoms with Gasteiger partial charge in [-0.05, 0) is 48.7 Å². The van der Waals surface area contributed by atoms with Crippen LogP contribution < -0.4 is 5.56 Å². The Hall–Kier alpha value is -3.95. The number of nitrogens with zero attached hydrogens (tertiary/aromatic N) is 2. The Morgan fingerprint density at radius 1 is 0.947 bits per heavy atom. The van der Waals surface area contributed by atoms with Gasteiger partial charge in [0.15, 0.2) is 5.78 Å². The van der Waals surface area contributed by atoms with E-state index < -0.39 is 47.2 Å². The third kappa shape index (κ3) is 5.20. The molecule has 0 saturated heterocycles. The molecule has 1 unspecified atom stereocenters. The molecular formula is C28H22F6N2O2. The van der Waals surface area contributed by atoms with E-state index in [9.17, 15) is 35.9 Å². The van der Waals surface area contributed by atoms with Gasteiger partial charge in [-0.2, -0.15) is 26.3 Å². The van der Waals surface area contributed by atoms with Gasteiger partial charge in [0.1, 0.15) is 5.52 Å². The molecule has 4 nitrogen and oxygen atoms in total. The number of rotatable bonds is 5. The van der Waals surface area contributed by atoms with Crippen molar-refractivity contribution >= 4 is 16.7 Å². The van der Waals surface area contributed by atoms with Crippen molar-refractivity contribution in [1.82, 2.24) is 9.55 Å². The monoisotopic (exact) mass is 532 g/mol. The van der Waals surface area contributed by atoms with Crippen molar-refractivity contribution in [2.45, 2.75) is 32.6 Å². The van der Waals surface area contributed by atoms with E-state index in [2.05, 4.69) is 4.98 Å². The number of hydrogen-bond acceptors (Lipinski definition) is 3. The minimum Gasteiger partial charge on any atom is -0.306 e. The van der Waals surface area contributed by atoms with Crippen LogP contribution >= 0.6 is 0 Å². The van der Waals surface area contributed by atoms with Gasteiger partial charge < -0.3 is 4.57 Å². The molecule has 0 fully saturated rings. The van der Waals surface area contributed by atoms with E-state index in [1.807, 2.05) is 19.1 Å². The molecule has 4 aromatic rings. The summed E-state index contributed by atoms with van der Waals surface area (Å²) in [4.78, 5) is 31.0. The molecule has 2 aromatic carbocycles. The zero-order valence-corrected chi connectivity index (χ0v) is 20.5. The number of Topliss-reactive ketones (excluding diaryl/α,β-unsaturated/α-hetero) is 1. The molecule has 0 bridgehead atoms. The quantitative estimate of drug-likeness (QED) is 0.205. The molecule has 0 aliphatic rings. The van der Waals surface area contributed by atoms with Crippen LogP contribution in [0.15, 0.2) is 65.6 Å². The summed E-state index contributed by atoms with van der Waals surface area (Å²) >= 11 is 0. The molecule has 0 saturated carbocycles. The fraction of sp³-hybridized carbons (Fsp3) is 0.250. The number of halogens is 6. The van der Waals surface area contributed by atoms with Crippen molar-refractivity contribution < 1.29 is 31.1 Å². The van der Waals surface area contributed by atoms with Gasteiger partial charge in [-0.3, -0.25) is 14.6 Å². The first kappa shape index (κ1) is 27.1. The summed E-state index contributed by atoms with van der Waals surface area (Å²) < 4.78 is 81.1. The van der Waals surface area contributed by atoms with Gasteiger partial charge >= 0.3 is 12.4 Å². The number of alkyl halides is 6. The molecule has 2 aromatic heterocycles. The smallest absolute Gasteiger partial charge is 0.306 e. The topological polar surface area (TPSA) is 52.0 Å². The molecule has 0 spiro atoms. The van der Waals surface area contributed by atoms with Crippen molar-refractivity contribution in [2.75, 3.05) is 0 Å². The van der Waals surface area contributed by atoms with Crippen molar-refractivity contribution in [3.63, 3.8) is 0 Å². The van der Waals surface area contributed by atoms with Gasteiger partial charge in [-0.1, -0.05) is 42.8 Å². The average Bonchev–Trinajstić information content (AvgIpc) is 2.85. The molecule has 0 N–H and O–H groups in total. The zero-order chi connectivity index (χ0) is 28.0. The Morgan fingerprint density at radius 2 is 1.53 bits per heavy atom. The highest BCUT2D eigenvalue weighted by Crippen LogP contribution is 2.37. The molecule has 4 rings (SSSR count). The zero-order valence-electron chi connectivity index (χ0n) is 20.5. The number of benzene rings is 2. The largest absolute Gasteiger partial charge is 0.416 e. The van der Waals surface area contributed by atoms with Crippen LogP contribution in [0.5, 0.6) is 0 Å². The number of hydrogen-bond donors (Lipinski definition) is 0. The van der Waals surface area contributed by atoms with Crippen molar-refractivity contribution in [1.29, 1.82) is 0 Å². The lowest BCUT2D eigenvalue weighted by atomic mass is 9.88. The standard InChI is InChI=1S/C28H22F6N2O2/c1-15-6-8-18(9-7-15)22-21-5-4-10-35-23(21)26(38)36(3)24(22)25(37)16(2)11-17-12-19(27(29,30)31)14-20(13-17)28(32,33)34/h4-10,12-14,16H,11H2,1-3H3. The van der Waals surface area contributed by atoms with Crippen molar-refractivity contribution in [3.8, 4) is 11.1 Å². The summed E-state index contributed by atoms with van der Waals surface area (Å²) in [6, 6.07) is 11.7. The van der Waals surface area contributed by atoms with Gasteiger partial charge in [-0.25, -0.2) is 0 Å². The van der Waals surface area contributed by atoms with Crippen LogP contribution in [-0.4, -0.2) is 15.3 Å². The van der Waals surface area contributed by atoms with Crippen LogP contribution in [0.1, 0.15) is 39.7 Å².